The zero-order valence-corrected chi connectivity index (χ0v) is 11.1. The summed E-state index contributed by atoms with van der Waals surface area (Å²) in [6.07, 6.45) is 2.75. The summed E-state index contributed by atoms with van der Waals surface area (Å²) >= 11 is 1.44. The molecule has 0 saturated heterocycles. The van der Waals surface area contributed by atoms with E-state index in [0.717, 1.165) is 18.0 Å². The third kappa shape index (κ3) is 2.99. The topological polar surface area (TPSA) is 66.2 Å². The van der Waals surface area contributed by atoms with Crippen molar-refractivity contribution in [1.82, 2.24) is 4.98 Å². The van der Waals surface area contributed by atoms with Gasteiger partial charge in [-0.05, 0) is 19.8 Å². The van der Waals surface area contributed by atoms with Crippen LogP contribution in [0.3, 0.4) is 0 Å². The van der Waals surface area contributed by atoms with Crippen LogP contribution in [-0.4, -0.2) is 30.1 Å². The highest BCUT2D eigenvalue weighted by Gasteiger charge is 2.31. The number of rotatable bonds is 6. The second-order valence-corrected chi connectivity index (χ2v) is 4.91. The van der Waals surface area contributed by atoms with E-state index in [1.807, 2.05) is 0 Å². The van der Waals surface area contributed by atoms with Crippen LogP contribution < -0.4 is 4.90 Å². The molecule has 0 bridgehead atoms. The van der Waals surface area contributed by atoms with Crippen LogP contribution in [0.2, 0.25) is 0 Å². The predicted molar refractivity (Wildman–Crippen MR) is 68.7 cm³/mol. The highest BCUT2D eigenvalue weighted by molar-refractivity contribution is 7.13. The number of nitrogens with zero attached hydrogens (tertiary/aromatic N) is 3. The average molecular weight is 265 g/mol. The van der Waals surface area contributed by atoms with E-state index in [1.54, 1.807) is 12.3 Å². The molecule has 1 aliphatic carbocycles. The van der Waals surface area contributed by atoms with Gasteiger partial charge in [-0.15, -0.1) is 11.3 Å². The predicted octanol–water partition coefficient (Wildman–Crippen LogP) is 2.20. The van der Waals surface area contributed by atoms with Crippen molar-refractivity contribution in [2.75, 3.05) is 18.1 Å². The van der Waals surface area contributed by atoms with E-state index in [9.17, 15) is 4.79 Å². The summed E-state index contributed by atoms with van der Waals surface area (Å²) in [7, 11) is 0. The monoisotopic (exact) mass is 265 g/mol. The third-order valence-electron chi connectivity index (χ3n) is 2.67. The number of thiazole rings is 1. The van der Waals surface area contributed by atoms with Gasteiger partial charge in [0.05, 0.1) is 19.1 Å². The van der Waals surface area contributed by atoms with E-state index < -0.39 is 0 Å². The van der Waals surface area contributed by atoms with Crippen molar-refractivity contribution < 1.29 is 9.53 Å². The SMILES string of the molecule is CCOC(=O)c1csc(N(CCC#N)C2CC2)n1. The van der Waals surface area contributed by atoms with Crippen molar-refractivity contribution in [3.8, 4) is 6.07 Å². The minimum atomic E-state index is -0.379. The fraction of sp³-hybridized carbons (Fsp3) is 0.583. The van der Waals surface area contributed by atoms with Gasteiger partial charge in [-0.3, -0.25) is 0 Å². The summed E-state index contributed by atoms with van der Waals surface area (Å²) < 4.78 is 4.91. The van der Waals surface area contributed by atoms with Crippen LogP contribution in [0.15, 0.2) is 5.38 Å². The molecule has 1 saturated carbocycles. The third-order valence-corrected chi connectivity index (χ3v) is 3.55. The lowest BCUT2D eigenvalue weighted by Gasteiger charge is -2.19. The molecule has 1 aromatic heterocycles. The van der Waals surface area contributed by atoms with Gasteiger partial charge in [0.25, 0.3) is 0 Å². The van der Waals surface area contributed by atoms with Crippen LogP contribution in [0.25, 0.3) is 0 Å². The van der Waals surface area contributed by atoms with Crippen LogP contribution in [0.1, 0.15) is 36.7 Å². The minimum absolute atomic E-state index is 0.354. The summed E-state index contributed by atoms with van der Waals surface area (Å²) in [5.74, 6) is -0.379. The van der Waals surface area contributed by atoms with Gasteiger partial charge in [0, 0.05) is 18.0 Å². The first-order valence-electron chi connectivity index (χ1n) is 6.02. The molecule has 0 radical (unpaired) electrons. The maximum Gasteiger partial charge on any atom is 0.357 e. The molecule has 1 aromatic rings. The van der Waals surface area contributed by atoms with Crippen molar-refractivity contribution in [3.63, 3.8) is 0 Å². The molecule has 6 heteroatoms. The van der Waals surface area contributed by atoms with Crippen molar-refractivity contribution in [3.05, 3.63) is 11.1 Å². The first kappa shape index (κ1) is 12.8. The molecule has 5 nitrogen and oxygen atoms in total. The molecule has 0 spiro atoms. The quantitative estimate of drug-likeness (QED) is 0.738. The standard InChI is InChI=1S/C12H15N3O2S/c1-2-17-11(16)10-8-18-12(14-10)15(7-3-6-13)9-4-5-9/h8-9H,2-5,7H2,1H3. The summed E-state index contributed by atoms with van der Waals surface area (Å²) in [5, 5.41) is 11.2. The zero-order valence-electron chi connectivity index (χ0n) is 10.3. The Morgan fingerprint density at radius 2 is 2.50 bits per heavy atom. The number of ether oxygens (including phenoxy) is 1. The van der Waals surface area contributed by atoms with E-state index in [-0.39, 0.29) is 5.97 Å². The van der Waals surface area contributed by atoms with Crippen LogP contribution >= 0.6 is 11.3 Å². The van der Waals surface area contributed by atoms with E-state index in [2.05, 4.69) is 16.0 Å². The summed E-state index contributed by atoms with van der Waals surface area (Å²) in [4.78, 5) is 18.0. The summed E-state index contributed by atoms with van der Waals surface area (Å²) in [6.45, 7) is 2.80. The lowest BCUT2D eigenvalue weighted by molar-refractivity contribution is 0.0520. The maximum absolute atomic E-state index is 11.5. The van der Waals surface area contributed by atoms with Crippen LogP contribution in [-0.2, 0) is 4.74 Å². The van der Waals surface area contributed by atoms with Gasteiger partial charge in [0.15, 0.2) is 10.8 Å². The van der Waals surface area contributed by atoms with Gasteiger partial charge in [0.2, 0.25) is 0 Å². The second kappa shape index (κ2) is 5.83. The maximum atomic E-state index is 11.5. The fourth-order valence-electron chi connectivity index (χ4n) is 1.69. The first-order valence-corrected chi connectivity index (χ1v) is 6.90. The Bertz CT molecular complexity index is 462. The molecular weight excluding hydrogens is 250 g/mol. The zero-order chi connectivity index (χ0) is 13.0. The molecule has 0 amide bonds. The Balaban J connectivity index is 2.06. The Hall–Kier alpha value is -1.61. The Labute approximate surface area is 110 Å². The molecule has 1 fully saturated rings. The highest BCUT2D eigenvalue weighted by atomic mass is 32.1. The number of esters is 1. The second-order valence-electron chi connectivity index (χ2n) is 4.07. The number of hydrogen-bond acceptors (Lipinski definition) is 6. The number of aromatic nitrogens is 1. The largest absolute Gasteiger partial charge is 0.461 e. The van der Waals surface area contributed by atoms with Gasteiger partial charge in [-0.2, -0.15) is 5.26 Å². The van der Waals surface area contributed by atoms with Crippen molar-refractivity contribution >= 4 is 22.4 Å². The molecule has 0 aliphatic heterocycles. The van der Waals surface area contributed by atoms with Crippen LogP contribution in [0, 0.1) is 11.3 Å². The Morgan fingerprint density at radius 1 is 1.72 bits per heavy atom. The molecule has 1 aliphatic rings. The van der Waals surface area contributed by atoms with Crippen molar-refractivity contribution in [1.29, 1.82) is 5.26 Å². The fourth-order valence-corrected chi connectivity index (χ4v) is 2.58. The number of carbonyl (C=O) groups excluding carboxylic acids is 1. The average Bonchev–Trinajstić information content (AvgIpc) is 3.07. The number of nitriles is 1. The Morgan fingerprint density at radius 3 is 3.11 bits per heavy atom. The molecule has 96 valence electrons. The van der Waals surface area contributed by atoms with Gasteiger partial charge in [-0.25, -0.2) is 9.78 Å². The molecule has 1 heterocycles. The molecule has 0 unspecified atom stereocenters. The van der Waals surface area contributed by atoms with E-state index in [1.165, 1.54) is 11.3 Å². The highest BCUT2D eigenvalue weighted by Crippen LogP contribution is 2.33. The minimum Gasteiger partial charge on any atom is -0.461 e. The normalized spacial score (nSPS) is 14.0. The molecule has 0 N–H and O–H groups in total. The van der Waals surface area contributed by atoms with Gasteiger partial charge in [0.1, 0.15) is 0 Å². The van der Waals surface area contributed by atoms with Crippen LogP contribution in [0.5, 0.6) is 0 Å². The number of carbonyl (C=O) groups is 1. The van der Waals surface area contributed by atoms with Gasteiger partial charge >= 0.3 is 5.97 Å². The van der Waals surface area contributed by atoms with E-state index in [0.29, 0.717) is 31.3 Å². The van der Waals surface area contributed by atoms with E-state index in [4.69, 9.17) is 10.00 Å². The molecule has 0 aromatic carbocycles. The molecular formula is C12H15N3O2S. The molecule has 2 rings (SSSR count). The number of hydrogen-bond donors (Lipinski definition) is 0. The van der Waals surface area contributed by atoms with Crippen LogP contribution in [0.4, 0.5) is 5.13 Å². The molecule has 0 atom stereocenters. The lowest BCUT2D eigenvalue weighted by Crippen LogP contribution is -2.26. The first-order chi connectivity index (χ1) is 8.76. The summed E-state index contributed by atoms with van der Waals surface area (Å²) in [6, 6.07) is 2.63. The van der Waals surface area contributed by atoms with Gasteiger partial charge < -0.3 is 9.64 Å². The van der Waals surface area contributed by atoms with Crippen molar-refractivity contribution in [2.24, 2.45) is 0 Å². The lowest BCUT2D eigenvalue weighted by atomic mass is 10.4. The molecule has 18 heavy (non-hydrogen) atoms. The Kier molecular flexibility index (Phi) is 4.15. The smallest absolute Gasteiger partial charge is 0.357 e. The van der Waals surface area contributed by atoms with E-state index >= 15 is 0 Å². The van der Waals surface area contributed by atoms with Crippen molar-refractivity contribution in [2.45, 2.75) is 32.2 Å². The van der Waals surface area contributed by atoms with Gasteiger partial charge in [-0.1, -0.05) is 0 Å². The number of anilines is 1. The summed E-state index contributed by atoms with van der Waals surface area (Å²) in [5.41, 5.74) is 0.361.